The number of hydrogen-bond donors (Lipinski definition) is 0. The lowest BCUT2D eigenvalue weighted by Crippen LogP contribution is -2.23. The van der Waals surface area contributed by atoms with E-state index in [0.717, 1.165) is 17.5 Å². The SMILES string of the molecule is CCC(CC)(CBr)Cc1ccco1. The van der Waals surface area contributed by atoms with Crippen LogP contribution in [0.2, 0.25) is 0 Å². The van der Waals surface area contributed by atoms with Crippen molar-refractivity contribution in [3.05, 3.63) is 24.2 Å². The minimum Gasteiger partial charge on any atom is -0.469 e. The van der Waals surface area contributed by atoms with Crippen LogP contribution in [-0.4, -0.2) is 5.33 Å². The minimum absolute atomic E-state index is 0.373. The van der Waals surface area contributed by atoms with E-state index in [1.165, 1.54) is 12.8 Å². The van der Waals surface area contributed by atoms with Crippen LogP contribution in [0, 0.1) is 5.41 Å². The summed E-state index contributed by atoms with van der Waals surface area (Å²) in [6.07, 6.45) is 5.17. The predicted octanol–water partition coefficient (Wildman–Crippen LogP) is 4.02. The predicted molar refractivity (Wildman–Crippen MR) is 59.2 cm³/mol. The van der Waals surface area contributed by atoms with E-state index < -0.39 is 0 Å². The van der Waals surface area contributed by atoms with Crippen LogP contribution in [0.3, 0.4) is 0 Å². The van der Waals surface area contributed by atoms with Crippen LogP contribution in [0.1, 0.15) is 32.4 Å². The molecule has 1 aromatic rings. The monoisotopic (exact) mass is 244 g/mol. The molecule has 0 aliphatic rings. The van der Waals surface area contributed by atoms with Gasteiger partial charge in [0.1, 0.15) is 5.76 Å². The zero-order chi connectivity index (χ0) is 9.73. The Morgan fingerprint density at radius 2 is 2.08 bits per heavy atom. The van der Waals surface area contributed by atoms with Crippen molar-refractivity contribution in [2.24, 2.45) is 5.41 Å². The molecule has 0 radical (unpaired) electrons. The number of halogens is 1. The van der Waals surface area contributed by atoms with Crippen LogP contribution in [0.15, 0.2) is 22.8 Å². The molecular formula is C11H17BrO. The van der Waals surface area contributed by atoms with Gasteiger partial charge < -0.3 is 4.42 Å². The summed E-state index contributed by atoms with van der Waals surface area (Å²) in [7, 11) is 0. The maximum Gasteiger partial charge on any atom is 0.104 e. The van der Waals surface area contributed by atoms with Gasteiger partial charge in [-0.05, 0) is 30.4 Å². The van der Waals surface area contributed by atoms with Gasteiger partial charge in [0.15, 0.2) is 0 Å². The Bertz CT molecular complexity index is 216. The van der Waals surface area contributed by atoms with E-state index in [9.17, 15) is 0 Å². The molecule has 2 heteroatoms. The lowest BCUT2D eigenvalue weighted by molar-refractivity contribution is 0.282. The molecule has 1 aromatic heterocycles. The first-order valence-corrected chi connectivity index (χ1v) is 5.97. The Hall–Kier alpha value is -0.240. The summed E-state index contributed by atoms with van der Waals surface area (Å²) >= 11 is 3.60. The molecule has 0 aliphatic carbocycles. The normalized spacial score (nSPS) is 11.9. The highest BCUT2D eigenvalue weighted by atomic mass is 79.9. The van der Waals surface area contributed by atoms with Crippen molar-refractivity contribution in [3.63, 3.8) is 0 Å². The third-order valence-electron chi connectivity index (χ3n) is 2.91. The average Bonchev–Trinajstić information content (AvgIpc) is 2.67. The van der Waals surface area contributed by atoms with Crippen molar-refractivity contribution in [1.82, 2.24) is 0 Å². The first-order valence-electron chi connectivity index (χ1n) is 4.84. The highest BCUT2D eigenvalue weighted by Crippen LogP contribution is 2.32. The lowest BCUT2D eigenvalue weighted by atomic mass is 9.80. The summed E-state index contributed by atoms with van der Waals surface area (Å²) in [4.78, 5) is 0. The van der Waals surface area contributed by atoms with E-state index in [1.807, 2.05) is 6.07 Å². The van der Waals surface area contributed by atoms with Crippen LogP contribution in [0.4, 0.5) is 0 Å². The molecule has 1 heterocycles. The first kappa shape index (κ1) is 10.8. The second-order valence-corrected chi connectivity index (χ2v) is 4.16. The third kappa shape index (κ3) is 2.60. The van der Waals surface area contributed by atoms with E-state index in [2.05, 4.69) is 35.8 Å². The smallest absolute Gasteiger partial charge is 0.104 e. The molecule has 1 nitrogen and oxygen atoms in total. The Morgan fingerprint density at radius 1 is 1.38 bits per heavy atom. The number of alkyl halides is 1. The van der Waals surface area contributed by atoms with Gasteiger partial charge in [0.2, 0.25) is 0 Å². The van der Waals surface area contributed by atoms with Crippen molar-refractivity contribution in [3.8, 4) is 0 Å². The number of hydrogen-bond acceptors (Lipinski definition) is 1. The first-order chi connectivity index (χ1) is 6.26. The fourth-order valence-corrected chi connectivity index (χ4v) is 2.51. The van der Waals surface area contributed by atoms with Gasteiger partial charge in [-0.2, -0.15) is 0 Å². The Morgan fingerprint density at radius 3 is 2.46 bits per heavy atom. The molecule has 74 valence electrons. The molecule has 0 spiro atoms. The minimum atomic E-state index is 0.373. The maximum atomic E-state index is 5.37. The van der Waals surface area contributed by atoms with E-state index in [1.54, 1.807) is 6.26 Å². The van der Waals surface area contributed by atoms with Crippen LogP contribution in [0.25, 0.3) is 0 Å². The number of furan rings is 1. The molecule has 0 unspecified atom stereocenters. The van der Waals surface area contributed by atoms with Gasteiger partial charge in [0, 0.05) is 11.8 Å². The molecular weight excluding hydrogens is 228 g/mol. The molecule has 0 saturated heterocycles. The van der Waals surface area contributed by atoms with Gasteiger partial charge in [0.05, 0.1) is 6.26 Å². The quantitative estimate of drug-likeness (QED) is 0.714. The highest BCUT2D eigenvalue weighted by molar-refractivity contribution is 9.09. The van der Waals surface area contributed by atoms with Crippen LogP contribution < -0.4 is 0 Å². The van der Waals surface area contributed by atoms with Crippen LogP contribution >= 0.6 is 15.9 Å². The lowest BCUT2D eigenvalue weighted by Gasteiger charge is -2.28. The zero-order valence-electron chi connectivity index (χ0n) is 8.35. The zero-order valence-corrected chi connectivity index (χ0v) is 9.93. The van der Waals surface area contributed by atoms with E-state index in [0.29, 0.717) is 5.41 Å². The van der Waals surface area contributed by atoms with Crippen molar-refractivity contribution >= 4 is 15.9 Å². The molecule has 1 rings (SSSR count). The Kier molecular flexibility index (Phi) is 4.04. The van der Waals surface area contributed by atoms with Crippen LogP contribution in [0.5, 0.6) is 0 Å². The van der Waals surface area contributed by atoms with Crippen molar-refractivity contribution in [2.75, 3.05) is 5.33 Å². The Balaban J connectivity index is 2.67. The van der Waals surface area contributed by atoms with E-state index >= 15 is 0 Å². The number of rotatable bonds is 5. The van der Waals surface area contributed by atoms with Gasteiger partial charge in [-0.15, -0.1) is 0 Å². The van der Waals surface area contributed by atoms with Crippen molar-refractivity contribution < 1.29 is 4.42 Å². The summed E-state index contributed by atoms with van der Waals surface area (Å²) < 4.78 is 5.37. The van der Waals surface area contributed by atoms with Gasteiger partial charge in [-0.1, -0.05) is 29.8 Å². The molecule has 0 aliphatic heterocycles. The molecule has 0 atom stereocenters. The molecule has 0 aromatic carbocycles. The molecule has 0 N–H and O–H groups in total. The van der Waals surface area contributed by atoms with Gasteiger partial charge >= 0.3 is 0 Å². The van der Waals surface area contributed by atoms with E-state index in [-0.39, 0.29) is 0 Å². The summed E-state index contributed by atoms with van der Waals surface area (Å²) in [5.41, 5.74) is 0.373. The van der Waals surface area contributed by atoms with Gasteiger partial charge in [-0.3, -0.25) is 0 Å². The van der Waals surface area contributed by atoms with Crippen molar-refractivity contribution in [2.45, 2.75) is 33.1 Å². The van der Waals surface area contributed by atoms with Gasteiger partial charge in [-0.25, -0.2) is 0 Å². The topological polar surface area (TPSA) is 13.1 Å². The van der Waals surface area contributed by atoms with Crippen LogP contribution in [-0.2, 0) is 6.42 Å². The molecule has 0 amide bonds. The molecule has 13 heavy (non-hydrogen) atoms. The summed E-state index contributed by atoms with van der Waals surface area (Å²) in [5, 5.41) is 1.05. The van der Waals surface area contributed by atoms with Crippen molar-refractivity contribution in [1.29, 1.82) is 0 Å². The maximum absolute atomic E-state index is 5.37. The second-order valence-electron chi connectivity index (χ2n) is 3.60. The largest absolute Gasteiger partial charge is 0.469 e. The molecule has 0 saturated carbocycles. The second kappa shape index (κ2) is 4.85. The molecule has 0 fully saturated rings. The average molecular weight is 245 g/mol. The summed E-state index contributed by atoms with van der Waals surface area (Å²) in [6, 6.07) is 4.02. The third-order valence-corrected chi connectivity index (χ3v) is 4.10. The molecule has 0 bridgehead atoms. The standard InChI is InChI=1S/C11H17BrO/c1-3-11(4-2,9-12)8-10-6-5-7-13-10/h5-7H,3-4,8-9H2,1-2H3. The van der Waals surface area contributed by atoms with Gasteiger partial charge in [0.25, 0.3) is 0 Å². The fourth-order valence-electron chi connectivity index (χ4n) is 1.52. The highest BCUT2D eigenvalue weighted by Gasteiger charge is 2.26. The summed E-state index contributed by atoms with van der Waals surface area (Å²) in [5.74, 6) is 1.10. The summed E-state index contributed by atoms with van der Waals surface area (Å²) in [6.45, 7) is 4.49. The Labute approximate surface area is 88.6 Å². The van der Waals surface area contributed by atoms with E-state index in [4.69, 9.17) is 4.42 Å². The fraction of sp³-hybridized carbons (Fsp3) is 0.636.